The molecule has 2 aliphatic rings. The van der Waals surface area contributed by atoms with Crippen LogP contribution >= 0.6 is 24.8 Å². The van der Waals surface area contributed by atoms with Crippen LogP contribution in [0.2, 0.25) is 0 Å². The standard InChI is InChI=1S/C19H28N2O.2ClH.H2O/c1-2-6-19(7-3-1)22-17-16-21-14-9-18(10-15-21)8-13-20-11-4-5-12-20;;;/h1-3,6-8H,4-5,9-17H2;2*1H;1H2. The number of nitrogens with zero attached hydrogens (tertiary/aromatic N) is 2. The van der Waals surface area contributed by atoms with Gasteiger partial charge in [0.2, 0.25) is 0 Å². The number of halogens is 2. The van der Waals surface area contributed by atoms with E-state index >= 15 is 0 Å². The second kappa shape index (κ2) is 13.4. The molecule has 0 radical (unpaired) electrons. The first-order chi connectivity index (χ1) is 10.9. The molecule has 3 rings (SSSR count). The molecule has 144 valence electrons. The molecule has 0 aromatic heterocycles. The van der Waals surface area contributed by atoms with Crippen molar-refractivity contribution in [2.24, 2.45) is 0 Å². The highest BCUT2D eigenvalue weighted by Crippen LogP contribution is 2.17. The number of benzene rings is 1. The zero-order chi connectivity index (χ0) is 15.0. The fraction of sp³-hybridized carbons (Fsp3) is 0.579. The normalized spacial score (nSPS) is 17.8. The molecule has 2 heterocycles. The van der Waals surface area contributed by atoms with Crippen LogP contribution in [0.3, 0.4) is 0 Å². The van der Waals surface area contributed by atoms with E-state index in [-0.39, 0.29) is 30.3 Å². The van der Waals surface area contributed by atoms with Crippen LogP contribution in [-0.4, -0.2) is 61.2 Å². The molecule has 0 amide bonds. The van der Waals surface area contributed by atoms with E-state index in [0.717, 1.165) is 18.9 Å². The number of para-hydroxylation sites is 1. The Morgan fingerprint density at radius 3 is 2.16 bits per heavy atom. The van der Waals surface area contributed by atoms with Gasteiger partial charge >= 0.3 is 0 Å². The van der Waals surface area contributed by atoms with Crippen molar-refractivity contribution in [1.29, 1.82) is 0 Å². The van der Waals surface area contributed by atoms with Crippen LogP contribution in [0.4, 0.5) is 0 Å². The third-order valence-corrected chi connectivity index (χ3v) is 4.75. The minimum Gasteiger partial charge on any atom is -0.492 e. The van der Waals surface area contributed by atoms with Crippen LogP contribution < -0.4 is 4.74 Å². The van der Waals surface area contributed by atoms with Crippen molar-refractivity contribution in [1.82, 2.24) is 9.80 Å². The van der Waals surface area contributed by atoms with E-state index in [1.807, 2.05) is 30.3 Å². The monoisotopic (exact) mass is 390 g/mol. The lowest BCUT2D eigenvalue weighted by Gasteiger charge is -2.28. The quantitative estimate of drug-likeness (QED) is 0.700. The third-order valence-electron chi connectivity index (χ3n) is 4.75. The summed E-state index contributed by atoms with van der Waals surface area (Å²) >= 11 is 0. The van der Waals surface area contributed by atoms with Crippen molar-refractivity contribution in [2.45, 2.75) is 25.7 Å². The number of ether oxygens (including phenoxy) is 1. The molecule has 25 heavy (non-hydrogen) atoms. The summed E-state index contributed by atoms with van der Waals surface area (Å²) in [6.07, 6.45) is 7.73. The fourth-order valence-electron chi connectivity index (χ4n) is 3.30. The number of hydrogen-bond acceptors (Lipinski definition) is 3. The van der Waals surface area contributed by atoms with Crippen LogP contribution in [0.5, 0.6) is 5.75 Å². The van der Waals surface area contributed by atoms with Crippen molar-refractivity contribution in [2.75, 3.05) is 45.9 Å². The molecule has 2 aliphatic heterocycles. The molecule has 0 bridgehead atoms. The van der Waals surface area contributed by atoms with Gasteiger partial charge in [-0.2, -0.15) is 0 Å². The van der Waals surface area contributed by atoms with Crippen LogP contribution in [0.25, 0.3) is 0 Å². The number of rotatable bonds is 6. The summed E-state index contributed by atoms with van der Waals surface area (Å²) in [4.78, 5) is 5.10. The van der Waals surface area contributed by atoms with E-state index in [0.29, 0.717) is 0 Å². The largest absolute Gasteiger partial charge is 0.492 e. The maximum atomic E-state index is 5.79. The SMILES string of the molecule is C(CN1CCCC1)=C1CCN(CCOc2ccccc2)CC1.Cl.Cl.O. The maximum absolute atomic E-state index is 5.79. The molecule has 0 aliphatic carbocycles. The van der Waals surface area contributed by atoms with Gasteiger partial charge < -0.3 is 10.2 Å². The number of hydrogen-bond donors (Lipinski definition) is 0. The van der Waals surface area contributed by atoms with Gasteiger partial charge in [0, 0.05) is 26.2 Å². The maximum Gasteiger partial charge on any atom is 0.119 e. The van der Waals surface area contributed by atoms with E-state index in [2.05, 4.69) is 15.9 Å². The number of piperidine rings is 1. The van der Waals surface area contributed by atoms with Gasteiger partial charge in [0.25, 0.3) is 0 Å². The number of likely N-dealkylation sites (tertiary alicyclic amines) is 2. The first kappa shape index (κ1) is 24.2. The summed E-state index contributed by atoms with van der Waals surface area (Å²) in [6.45, 7) is 7.96. The minimum absolute atomic E-state index is 0. The minimum atomic E-state index is 0. The Kier molecular flexibility index (Phi) is 13.0. The second-order valence-corrected chi connectivity index (χ2v) is 6.37. The Morgan fingerprint density at radius 2 is 1.52 bits per heavy atom. The van der Waals surface area contributed by atoms with E-state index < -0.39 is 0 Å². The van der Waals surface area contributed by atoms with Crippen LogP contribution in [0, 0.1) is 0 Å². The molecule has 1 aromatic carbocycles. The van der Waals surface area contributed by atoms with E-state index in [1.165, 1.54) is 58.4 Å². The first-order valence-electron chi connectivity index (χ1n) is 8.70. The van der Waals surface area contributed by atoms with Crippen molar-refractivity contribution in [3.63, 3.8) is 0 Å². The van der Waals surface area contributed by atoms with Crippen molar-refractivity contribution in [3.05, 3.63) is 42.0 Å². The summed E-state index contributed by atoms with van der Waals surface area (Å²) < 4.78 is 5.79. The van der Waals surface area contributed by atoms with E-state index in [1.54, 1.807) is 5.57 Å². The molecule has 0 atom stereocenters. The van der Waals surface area contributed by atoms with Crippen molar-refractivity contribution >= 4 is 24.8 Å². The Balaban J connectivity index is 0.00000192. The fourth-order valence-corrected chi connectivity index (χ4v) is 3.30. The van der Waals surface area contributed by atoms with Gasteiger partial charge in [0.05, 0.1) is 0 Å². The van der Waals surface area contributed by atoms with Crippen molar-refractivity contribution in [3.8, 4) is 5.75 Å². The molecule has 0 saturated carbocycles. The molecule has 2 saturated heterocycles. The molecular weight excluding hydrogens is 359 g/mol. The van der Waals surface area contributed by atoms with E-state index in [4.69, 9.17) is 4.74 Å². The Morgan fingerprint density at radius 1 is 0.880 bits per heavy atom. The van der Waals surface area contributed by atoms with Gasteiger partial charge in [-0.05, 0) is 50.9 Å². The second-order valence-electron chi connectivity index (χ2n) is 6.37. The lowest BCUT2D eigenvalue weighted by atomic mass is 10.0. The van der Waals surface area contributed by atoms with Gasteiger partial charge in [-0.1, -0.05) is 29.8 Å². The molecule has 0 spiro atoms. The summed E-state index contributed by atoms with van der Waals surface area (Å²) in [5.41, 5.74) is 1.66. The molecule has 6 heteroatoms. The predicted octanol–water partition coefficient (Wildman–Crippen LogP) is 3.20. The third kappa shape index (κ3) is 8.43. The molecule has 1 aromatic rings. The van der Waals surface area contributed by atoms with E-state index in [9.17, 15) is 0 Å². The van der Waals surface area contributed by atoms with Gasteiger partial charge in [0.15, 0.2) is 0 Å². The lowest BCUT2D eigenvalue weighted by Crippen LogP contribution is -2.34. The van der Waals surface area contributed by atoms with Crippen LogP contribution in [0.1, 0.15) is 25.7 Å². The first-order valence-corrected chi connectivity index (χ1v) is 8.70. The smallest absolute Gasteiger partial charge is 0.119 e. The molecule has 2 fully saturated rings. The summed E-state index contributed by atoms with van der Waals surface area (Å²) in [6, 6.07) is 10.1. The van der Waals surface area contributed by atoms with Crippen LogP contribution in [0.15, 0.2) is 42.0 Å². The highest BCUT2D eigenvalue weighted by molar-refractivity contribution is 5.85. The van der Waals surface area contributed by atoms with Gasteiger partial charge in [-0.15, -0.1) is 24.8 Å². The topological polar surface area (TPSA) is 47.2 Å². The average Bonchev–Trinajstić information content (AvgIpc) is 3.09. The predicted molar refractivity (Wildman–Crippen MR) is 109 cm³/mol. The molecular formula is C19H32Cl2N2O2. The summed E-state index contributed by atoms with van der Waals surface area (Å²) in [7, 11) is 0. The molecule has 2 N–H and O–H groups in total. The zero-order valence-electron chi connectivity index (χ0n) is 14.9. The lowest BCUT2D eigenvalue weighted by molar-refractivity contribution is 0.199. The zero-order valence-corrected chi connectivity index (χ0v) is 16.5. The average molecular weight is 391 g/mol. The molecule has 4 nitrogen and oxygen atoms in total. The Hall–Kier alpha value is -0.780. The van der Waals surface area contributed by atoms with Gasteiger partial charge in [-0.3, -0.25) is 9.80 Å². The van der Waals surface area contributed by atoms with Gasteiger partial charge in [0.1, 0.15) is 12.4 Å². The Labute approximate surface area is 164 Å². The Bertz CT molecular complexity index is 470. The molecule has 0 unspecified atom stereocenters. The highest BCUT2D eigenvalue weighted by Gasteiger charge is 2.15. The van der Waals surface area contributed by atoms with Crippen LogP contribution in [-0.2, 0) is 0 Å². The highest BCUT2D eigenvalue weighted by atomic mass is 35.5. The van der Waals surface area contributed by atoms with Crippen molar-refractivity contribution < 1.29 is 10.2 Å². The van der Waals surface area contributed by atoms with Gasteiger partial charge in [-0.25, -0.2) is 0 Å². The summed E-state index contributed by atoms with van der Waals surface area (Å²) in [5.74, 6) is 0.978. The summed E-state index contributed by atoms with van der Waals surface area (Å²) in [5, 5.41) is 0.